The summed E-state index contributed by atoms with van der Waals surface area (Å²) < 4.78 is 15.3. The van der Waals surface area contributed by atoms with Crippen molar-refractivity contribution < 1.29 is 19.0 Å². The maximum atomic E-state index is 11.8. The summed E-state index contributed by atoms with van der Waals surface area (Å²) in [5.74, 6) is -0.486. The van der Waals surface area contributed by atoms with Gasteiger partial charge in [-0.15, -0.1) is 11.3 Å². The second-order valence-electron chi connectivity index (χ2n) is 4.40. The summed E-state index contributed by atoms with van der Waals surface area (Å²) in [6.07, 6.45) is 1.27. The predicted octanol–water partition coefficient (Wildman–Crippen LogP) is 3.39. The molecular formula is C15H12ClNO4S. The maximum absolute atomic E-state index is 11.8. The third kappa shape index (κ3) is 3.40. The number of halogens is 1. The maximum Gasteiger partial charge on any atom is 0.377 e. The number of benzene rings is 1. The molecule has 0 atom stereocenters. The van der Waals surface area contributed by atoms with Gasteiger partial charge < -0.3 is 14.2 Å². The summed E-state index contributed by atoms with van der Waals surface area (Å²) in [6.45, 7) is 0.846. The van der Waals surface area contributed by atoms with E-state index in [2.05, 4.69) is 4.98 Å². The fourth-order valence-corrected chi connectivity index (χ4v) is 2.94. The Morgan fingerprint density at radius 1 is 1.36 bits per heavy atom. The minimum atomic E-state index is -0.563. The van der Waals surface area contributed by atoms with Crippen LogP contribution in [0.4, 0.5) is 0 Å². The topological polar surface area (TPSA) is 57.7 Å². The molecule has 0 fully saturated rings. The Kier molecular flexibility index (Phi) is 4.60. The summed E-state index contributed by atoms with van der Waals surface area (Å²) in [6, 6.07) is 7.47. The molecule has 7 heteroatoms. The van der Waals surface area contributed by atoms with Crippen molar-refractivity contribution in [2.75, 3.05) is 13.2 Å². The summed E-state index contributed by atoms with van der Waals surface area (Å²) in [7, 11) is 0. The molecule has 0 aliphatic carbocycles. The Bertz CT molecular complexity index is 713. The molecule has 114 valence electrons. The van der Waals surface area contributed by atoms with Crippen LogP contribution >= 0.6 is 22.9 Å². The van der Waals surface area contributed by atoms with Crippen LogP contribution in [0.25, 0.3) is 10.6 Å². The van der Waals surface area contributed by atoms with Gasteiger partial charge in [0.05, 0.1) is 10.7 Å². The van der Waals surface area contributed by atoms with Crippen LogP contribution in [0.15, 0.2) is 41.7 Å². The molecule has 3 rings (SSSR count). The molecule has 2 heterocycles. The molecule has 0 amide bonds. The summed E-state index contributed by atoms with van der Waals surface area (Å²) in [5, 5.41) is 3.25. The van der Waals surface area contributed by atoms with Crippen LogP contribution in [0.5, 0.6) is 0 Å². The second-order valence-corrected chi connectivity index (χ2v) is 5.67. The standard InChI is InChI=1S/C15H12ClNO4S/c16-12-4-2-1-3-11(12)14-17-10(9-22-14)7-21-15(18)13-8-19-5-6-20-13/h1-4,8-9H,5-7H2. The van der Waals surface area contributed by atoms with Crippen molar-refractivity contribution >= 4 is 28.9 Å². The normalized spacial score (nSPS) is 13.8. The molecule has 1 aromatic heterocycles. The van der Waals surface area contributed by atoms with Crippen molar-refractivity contribution in [2.45, 2.75) is 6.61 Å². The highest BCUT2D eigenvalue weighted by molar-refractivity contribution is 7.13. The van der Waals surface area contributed by atoms with Crippen molar-refractivity contribution in [2.24, 2.45) is 0 Å². The molecule has 0 bridgehead atoms. The predicted molar refractivity (Wildman–Crippen MR) is 82.3 cm³/mol. The fourth-order valence-electron chi connectivity index (χ4n) is 1.82. The van der Waals surface area contributed by atoms with Crippen molar-refractivity contribution in [3.8, 4) is 10.6 Å². The number of rotatable bonds is 4. The largest absolute Gasteiger partial charge is 0.493 e. The number of hydrogen-bond donors (Lipinski definition) is 0. The number of thiazole rings is 1. The van der Waals surface area contributed by atoms with E-state index in [9.17, 15) is 4.79 Å². The summed E-state index contributed by atoms with van der Waals surface area (Å²) in [4.78, 5) is 16.2. The molecule has 1 aliphatic heterocycles. The third-order valence-electron chi connectivity index (χ3n) is 2.86. The van der Waals surface area contributed by atoms with E-state index in [0.29, 0.717) is 23.9 Å². The number of esters is 1. The Labute approximate surface area is 136 Å². The molecule has 0 N–H and O–H groups in total. The number of hydrogen-bond acceptors (Lipinski definition) is 6. The first-order chi connectivity index (χ1) is 10.7. The minimum absolute atomic E-state index is 0.0699. The van der Waals surface area contributed by atoms with Crippen molar-refractivity contribution in [1.82, 2.24) is 4.98 Å². The van der Waals surface area contributed by atoms with Crippen LogP contribution in [0, 0.1) is 0 Å². The number of nitrogens with zero attached hydrogens (tertiary/aromatic N) is 1. The van der Waals surface area contributed by atoms with E-state index >= 15 is 0 Å². The Morgan fingerprint density at radius 3 is 3.00 bits per heavy atom. The van der Waals surface area contributed by atoms with Gasteiger partial charge >= 0.3 is 5.97 Å². The minimum Gasteiger partial charge on any atom is -0.493 e. The molecule has 22 heavy (non-hydrogen) atoms. The number of ether oxygens (including phenoxy) is 3. The van der Waals surface area contributed by atoms with Gasteiger partial charge in [0.2, 0.25) is 5.76 Å². The van der Waals surface area contributed by atoms with Crippen LogP contribution in [-0.2, 0) is 25.6 Å². The molecule has 0 radical (unpaired) electrons. The number of carbonyl (C=O) groups excluding carboxylic acids is 1. The first-order valence-corrected chi connectivity index (χ1v) is 7.81. The zero-order valence-corrected chi connectivity index (χ0v) is 13.0. The van der Waals surface area contributed by atoms with E-state index in [1.807, 2.05) is 29.6 Å². The lowest BCUT2D eigenvalue weighted by atomic mass is 10.2. The molecule has 1 aliphatic rings. The van der Waals surface area contributed by atoms with Crippen LogP contribution < -0.4 is 0 Å². The highest BCUT2D eigenvalue weighted by Gasteiger charge is 2.17. The van der Waals surface area contributed by atoms with Gasteiger partial charge in [-0.1, -0.05) is 29.8 Å². The average molecular weight is 338 g/mol. The Balaban J connectivity index is 1.64. The van der Waals surface area contributed by atoms with E-state index < -0.39 is 5.97 Å². The van der Waals surface area contributed by atoms with Gasteiger partial charge in [0, 0.05) is 10.9 Å². The zero-order chi connectivity index (χ0) is 15.4. The van der Waals surface area contributed by atoms with Crippen molar-refractivity contribution in [3.63, 3.8) is 0 Å². The van der Waals surface area contributed by atoms with Gasteiger partial charge in [0.25, 0.3) is 0 Å². The molecular weight excluding hydrogens is 326 g/mol. The average Bonchev–Trinajstić information content (AvgIpc) is 3.02. The molecule has 0 spiro atoms. The van der Waals surface area contributed by atoms with Gasteiger partial charge in [0.1, 0.15) is 31.1 Å². The van der Waals surface area contributed by atoms with Gasteiger partial charge in [-0.3, -0.25) is 0 Å². The van der Waals surface area contributed by atoms with Crippen molar-refractivity contribution in [1.29, 1.82) is 0 Å². The number of aromatic nitrogens is 1. The lowest BCUT2D eigenvalue weighted by Crippen LogP contribution is -2.17. The smallest absolute Gasteiger partial charge is 0.377 e. The van der Waals surface area contributed by atoms with Crippen molar-refractivity contribution in [3.05, 3.63) is 52.4 Å². The molecule has 0 saturated heterocycles. The number of carbonyl (C=O) groups is 1. The lowest BCUT2D eigenvalue weighted by molar-refractivity contribution is -0.146. The van der Waals surface area contributed by atoms with Crippen LogP contribution in [0.3, 0.4) is 0 Å². The first kappa shape index (κ1) is 14.9. The summed E-state index contributed by atoms with van der Waals surface area (Å²) >= 11 is 7.59. The lowest BCUT2D eigenvalue weighted by Gasteiger charge is -2.13. The Morgan fingerprint density at radius 2 is 2.23 bits per heavy atom. The molecule has 2 aromatic rings. The quantitative estimate of drug-likeness (QED) is 0.800. The van der Waals surface area contributed by atoms with E-state index in [1.54, 1.807) is 0 Å². The first-order valence-electron chi connectivity index (χ1n) is 6.55. The second kappa shape index (κ2) is 6.81. The SMILES string of the molecule is O=C(OCc1csc(-c2ccccc2Cl)n1)C1=COCCO1. The fraction of sp³-hybridized carbons (Fsp3) is 0.200. The van der Waals surface area contributed by atoms with E-state index in [-0.39, 0.29) is 12.4 Å². The monoisotopic (exact) mass is 337 g/mol. The van der Waals surface area contributed by atoms with E-state index in [0.717, 1.165) is 10.6 Å². The van der Waals surface area contributed by atoms with Gasteiger partial charge in [0.15, 0.2) is 0 Å². The van der Waals surface area contributed by atoms with Crippen LogP contribution in [0.1, 0.15) is 5.69 Å². The zero-order valence-electron chi connectivity index (χ0n) is 11.5. The van der Waals surface area contributed by atoms with Gasteiger partial charge in [-0.25, -0.2) is 9.78 Å². The van der Waals surface area contributed by atoms with Crippen LogP contribution in [0.2, 0.25) is 5.02 Å². The van der Waals surface area contributed by atoms with E-state index in [4.69, 9.17) is 25.8 Å². The molecule has 1 aromatic carbocycles. The Hall–Kier alpha value is -2.05. The highest BCUT2D eigenvalue weighted by Crippen LogP contribution is 2.30. The molecule has 0 saturated carbocycles. The molecule has 0 unspecified atom stereocenters. The van der Waals surface area contributed by atoms with Crippen LogP contribution in [-0.4, -0.2) is 24.2 Å². The molecule has 5 nitrogen and oxygen atoms in total. The van der Waals surface area contributed by atoms with E-state index in [1.165, 1.54) is 17.6 Å². The third-order valence-corrected chi connectivity index (χ3v) is 4.11. The van der Waals surface area contributed by atoms with Gasteiger partial charge in [-0.2, -0.15) is 0 Å². The van der Waals surface area contributed by atoms with Gasteiger partial charge in [-0.05, 0) is 6.07 Å². The summed E-state index contributed by atoms with van der Waals surface area (Å²) in [5.41, 5.74) is 1.52. The highest BCUT2D eigenvalue weighted by atomic mass is 35.5.